The normalized spacial score (nSPS) is 25.9. The van der Waals surface area contributed by atoms with Crippen molar-refractivity contribution in [2.45, 2.75) is 38.1 Å². The van der Waals surface area contributed by atoms with Gasteiger partial charge in [0.15, 0.2) is 5.13 Å². The minimum absolute atomic E-state index is 0.0260. The zero-order valence-corrected chi connectivity index (χ0v) is 13.6. The van der Waals surface area contributed by atoms with E-state index in [2.05, 4.69) is 16.3 Å². The fourth-order valence-corrected chi connectivity index (χ4v) is 4.17. The van der Waals surface area contributed by atoms with Crippen LogP contribution < -0.4 is 5.32 Å². The Morgan fingerprint density at radius 3 is 2.95 bits per heavy atom. The molecule has 0 unspecified atom stereocenters. The molecule has 0 aromatic carbocycles. The minimum Gasteiger partial charge on any atom is -0.381 e. The summed E-state index contributed by atoms with van der Waals surface area (Å²) in [7, 11) is 0. The monoisotopic (exact) mass is 319 g/mol. The van der Waals surface area contributed by atoms with Crippen molar-refractivity contribution in [3.05, 3.63) is 11.1 Å². The summed E-state index contributed by atoms with van der Waals surface area (Å²) < 4.78 is 5.39. The first kappa shape index (κ1) is 15.3. The molecule has 6 heteroatoms. The summed E-state index contributed by atoms with van der Waals surface area (Å²) in [5.74, 6) is 0.476. The van der Waals surface area contributed by atoms with Crippen LogP contribution in [-0.4, -0.2) is 41.6 Å². The van der Waals surface area contributed by atoms with Gasteiger partial charge in [0.25, 0.3) is 0 Å². The lowest BCUT2D eigenvalue weighted by atomic mass is 9.99. The molecule has 0 radical (unpaired) electrons. The number of aromatic nitrogens is 1. The molecule has 1 aromatic heterocycles. The van der Waals surface area contributed by atoms with Gasteiger partial charge in [0.05, 0.1) is 5.92 Å². The largest absolute Gasteiger partial charge is 0.381 e. The Kier molecular flexibility index (Phi) is 4.65. The van der Waals surface area contributed by atoms with Crippen LogP contribution in [0.15, 0.2) is 6.20 Å². The second-order valence-electron chi connectivity index (χ2n) is 5.90. The predicted octanol–water partition coefficient (Wildman–Crippen LogP) is 2.28. The summed E-state index contributed by atoms with van der Waals surface area (Å²) in [6.07, 6.45) is 10.2. The van der Waals surface area contributed by atoms with Gasteiger partial charge in [-0.1, -0.05) is 6.42 Å². The van der Waals surface area contributed by atoms with E-state index in [0.29, 0.717) is 11.0 Å². The van der Waals surface area contributed by atoms with Gasteiger partial charge >= 0.3 is 0 Å². The van der Waals surface area contributed by atoms with Crippen molar-refractivity contribution in [2.24, 2.45) is 5.92 Å². The lowest BCUT2D eigenvalue weighted by Crippen LogP contribution is -2.32. The highest BCUT2D eigenvalue weighted by atomic mass is 32.1. The van der Waals surface area contributed by atoms with Gasteiger partial charge in [-0.15, -0.1) is 11.3 Å². The third kappa shape index (κ3) is 3.11. The molecule has 22 heavy (non-hydrogen) atoms. The first-order chi connectivity index (χ1) is 10.7. The first-order valence-electron chi connectivity index (χ1n) is 7.76. The molecule has 3 heterocycles. The number of carbonyl (C=O) groups is 1. The van der Waals surface area contributed by atoms with Crippen molar-refractivity contribution in [1.82, 2.24) is 9.88 Å². The molecule has 3 rings (SSSR count). The van der Waals surface area contributed by atoms with Gasteiger partial charge in [-0.25, -0.2) is 4.98 Å². The van der Waals surface area contributed by atoms with Crippen LogP contribution in [0.4, 0.5) is 5.13 Å². The van der Waals surface area contributed by atoms with E-state index < -0.39 is 0 Å². The zero-order valence-electron chi connectivity index (χ0n) is 12.7. The van der Waals surface area contributed by atoms with Crippen molar-refractivity contribution < 1.29 is 9.53 Å². The predicted molar refractivity (Wildman–Crippen MR) is 86.6 cm³/mol. The van der Waals surface area contributed by atoms with E-state index in [-0.39, 0.29) is 17.9 Å². The molecule has 0 bridgehead atoms. The fraction of sp³-hybridized carbons (Fsp3) is 0.625. The molecule has 1 amide bonds. The van der Waals surface area contributed by atoms with E-state index >= 15 is 0 Å². The summed E-state index contributed by atoms with van der Waals surface area (Å²) in [5, 5.41) is 3.65. The molecule has 5 nitrogen and oxygen atoms in total. The van der Waals surface area contributed by atoms with Gasteiger partial charge in [0.1, 0.15) is 0 Å². The standard InChI is InChI=1S/C16H21N3O2S/c1-3-19-7-4-13(11(19)2)15(20)18-16-17-10-14(22-16)12-5-8-21-9-6-12/h1,10-13H,4-9H2,2H3,(H,17,18,20)/t11-,13-/m0/s1. The number of amides is 1. The van der Waals surface area contributed by atoms with Crippen LogP contribution in [0.2, 0.25) is 0 Å². The number of likely N-dealkylation sites (tertiary alicyclic amines) is 1. The lowest BCUT2D eigenvalue weighted by Gasteiger charge is -2.20. The molecule has 0 aliphatic carbocycles. The third-order valence-corrected chi connectivity index (χ3v) is 5.71. The average Bonchev–Trinajstić information content (AvgIpc) is 3.14. The Hall–Kier alpha value is -1.58. The van der Waals surface area contributed by atoms with Gasteiger partial charge in [0, 0.05) is 42.9 Å². The number of terminal acetylenes is 1. The molecular formula is C16H21N3O2S. The summed E-state index contributed by atoms with van der Waals surface area (Å²) in [6.45, 7) is 4.41. The van der Waals surface area contributed by atoms with Gasteiger partial charge < -0.3 is 15.0 Å². The van der Waals surface area contributed by atoms with E-state index in [1.54, 1.807) is 11.3 Å². The summed E-state index contributed by atoms with van der Waals surface area (Å²) >= 11 is 1.58. The molecule has 2 aliphatic rings. The number of hydrogen-bond donors (Lipinski definition) is 1. The highest BCUT2D eigenvalue weighted by Gasteiger charge is 2.34. The van der Waals surface area contributed by atoms with E-state index in [4.69, 9.17) is 11.2 Å². The molecule has 0 spiro atoms. The SMILES string of the molecule is C#CN1CC[C@H](C(=O)Nc2ncc(C3CCOCC3)s2)[C@@H]1C. The van der Waals surface area contributed by atoms with Crippen molar-refractivity contribution in [3.63, 3.8) is 0 Å². The smallest absolute Gasteiger partial charge is 0.231 e. The van der Waals surface area contributed by atoms with Crippen molar-refractivity contribution in [1.29, 1.82) is 0 Å². The van der Waals surface area contributed by atoms with Crippen LogP contribution in [0.3, 0.4) is 0 Å². The molecule has 2 fully saturated rings. The van der Waals surface area contributed by atoms with Gasteiger partial charge in [-0.05, 0) is 32.1 Å². The first-order valence-corrected chi connectivity index (χ1v) is 8.58. The van der Waals surface area contributed by atoms with Crippen LogP contribution in [0.1, 0.15) is 37.0 Å². The highest BCUT2D eigenvalue weighted by molar-refractivity contribution is 7.15. The molecule has 118 valence electrons. The van der Waals surface area contributed by atoms with Crippen LogP contribution in [0.25, 0.3) is 0 Å². The zero-order chi connectivity index (χ0) is 15.5. The molecular weight excluding hydrogens is 298 g/mol. The average molecular weight is 319 g/mol. The summed E-state index contributed by atoms with van der Waals surface area (Å²) in [6, 6.07) is 2.72. The number of ether oxygens (including phenoxy) is 1. The third-order valence-electron chi connectivity index (χ3n) is 4.63. The number of carbonyl (C=O) groups excluding carboxylic acids is 1. The maximum Gasteiger partial charge on any atom is 0.231 e. The number of nitrogens with one attached hydrogen (secondary N) is 1. The number of anilines is 1. The van der Waals surface area contributed by atoms with Crippen molar-refractivity contribution >= 4 is 22.4 Å². The van der Waals surface area contributed by atoms with Gasteiger partial charge in [-0.2, -0.15) is 0 Å². The van der Waals surface area contributed by atoms with Crippen molar-refractivity contribution in [2.75, 3.05) is 25.1 Å². The number of hydrogen-bond acceptors (Lipinski definition) is 5. The Morgan fingerprint density at radius 2 is 2.27 bits per heavy atom. The molecule has 2 saturated heterocycles. The van der Waals surface area contributed by atoms with Crippen LogP contribution in [-0.2, 0) is 9.53 Å². The Morgan fingerprint density at radius 1 is 1.50 bits per heavy atom. The van der Waals surface area contributed by atoms with E-state index in [1.807, 2.05) is 18.0 Å². The number of thiazole rings is 1. The topological polar surface area (TPSA) is 54.5 Å². The van der Waals surface area contributed by atoms with Crippen LogP contribution >= 0.6 is 11.3 Å². The van der Waals surface area contributed by atoms with Crippen LogP contribution in [0.5, 0.6) is 0 Å². The minimum atomic E-state index is -0.0634. The number of rotatable bonds is 3. The maximum atomic E-state index is 12.4. The van der Waals surface area contributed by atoms with E-state index in [0.717, 1.165) is 39.0 Å². The van der Waals surface area contributed by atoms with Gasteiger partial charge in [-0.3, -0.25) is 4.79 Å². The number of nitrogens with zero attached hydrogens (tertiary/aromatic N) is 2. The van der Waals surface area contributed by atoms with E-state index in [1.165, 1.54) is 4.88 Å². The molecule has 1 N–H and O–H groups in total. The quantitative estimate of drug-likeness (QED) is 0.869. The molecule has 1 aromatic rings. The maximum absolute atomic E-state index is 12.4. The van der Waals surface area contributed by atoms with Crippen LogP contribution in [0, 0.1) is 18.4 Å². The summed E-state index contributed by atoms with van der Waals surface area (Å²) in [4.78, 5) is 19.9. The fourth-order valence-electron chi connectivity index (χ4n) is 3.19. The Labute approximate surface area is 135 Å². The molecule has 2 atom stereocenters. The van der Waals surface area contributed by atoms with Gasteiger partial charge in [0.2, 0.25) is 5.91 Å². The second kappa shape index (κ2) is 6.67. The summed E-state index contributed by atoms with van der Waals surface area (Å²) in [5.41, 5.74) is 0. The second-order valence-corrected chi connectivity index (χ2v) is 6.96. The van der Waals surface area contributed by atoms with E-state index in [9.17, 15) is 4.79 Å². The Balaban J connectivity index is 1.60. The molecule has 2 aliphatic heterocycles. The van der Waals surface area contributed by atoms with Crippen molar-refractivity contribution in [3.8, 4) is 12.5 Å². The molecule has 0 saturated carbocycles. The lowest BCUT2D eigenvalue weighted by molar-refractivity contribution is -0.120. The Bertz CT molecular complexity index is 574. The highest BCUT2D eigenvalue weighted by Crippen LogP contribution is 2.33.